The number of nitrogens with zero attached hydrogens (tertiary/aromatic N) is 2. The van der Waals surface area contributed by atoms with Crippen molar-refractivity contribution < 1.29 is 27.1 Å². The first-order chi connectivity index (χ1) is 17.1. The highest BCUT2D eigenvalue weighted by molar-refractivity contribution is 7.89. The molecule has 3 rings (SSSR count). The van der Waals surface area contributed by atoms with E-state index in [1.807, 2.05) is 6.07 Å². The van der Waals surface area contributed by atoms with Crippen LogP contribution in [0.5, 0.6) is 0 Å². The molecule has 37 heavy (non-hydrogen) atoms. The van der Waals surface area contributed by atoms with Crippen LogP contribution in [-0.4, -0.2) is 50.0 Å². The minimum Gasteiger partial charge on any atom is -0.481 e. The molecule has 0 saturated heterocycles. The third-order valence-corrected chi connectivity index (χ3v) is 13.2. The van der Waals surface area contributed by atoms with Crippen molar-refractivity contribution in [1.82, 2.24) is 14.3 Å². The summed E-state index contributed by atoms with van der Waals surface area (Å²) < 4.78 is 50.6. The van der Waals surface area contributed by atoms with E-state index in [-0.39, 0.29) is 16.5 Å². The molecule has 2 N–H and O–H groups in total. The zero-order valence-corrected chi connectivity index (χ0v) is 24.0. The van der Waals surface area contributed by atoms with E-state index in [9.17, 15) is 22.7 Å². The van der Waals surface area contributed by atoms with Crippen molar-refractivity contribution in [2.45, 2.75) is 75.6 Å². The number of carbonyl (C=O) groups is 1. The van der Waals surface area contributed by atoms with E-state index < -0.39 is 42.1 Å². The van der Waals surface area contributed by atoms with Gasteiger partial charge in [-0.05, 0) is 73.4 Å². The maximum atomic E-state index is 13.4. The molecule has 0 amide bonds. The van der Waals surface area contributed by atoms with Crippen molar-refractivity contribution in [1.29, 1.82) is 0 Å². The Morgan fingerprint density at radius 1 is 1.22 bits per heavy atom. The molecule has 1 unspecified atom stereocenters. The second-order valence-electron chi connectivity index (χ2n) is 10.8. The van der Waals surface area contributed by atoms with E-state index in [0.29, 0.717) is 29.6 Å². The molecule has 0 aliphatic rings. The lowest BCUT2D eigenvalue weighted by Gasteiger charge is -2.36. The van der Waals surface area contributed by atoms with Crippen molar-refractivity contribution in [3.63, 3.8) is 0 Å². The average Bonchev–Trinajstić information content (AvgIpc) is 3.16. The fraction of sp³-hybridized carbons (Fsp3) is 0.462. The Morgan fingerprint density at radius 3 is 2.46 bits per heavy atom. The van der Waals surface area contributed by atoms with Gasteiger partial charge in [0.25, 0.3) is 0 Å². The van der Waals surface area contributed by atoms with Crippen LogP contribution in [0.2, 0.25) is 18.1 Å². The molecule has 2 aromatic heterocycles. The topological polar surface area (TPSA) is 111 Å². The number of benzene rings is 1. The van der Waals surface area contributed by atoms with Gasteiger partial charge in [0.05, 0.1) is 10.8 Å². The molecule has 0 spiro atoms. The number of aromatic nitrogens is 2. The van der Waals surface area contributed by atoms with Crippen LogP contribution < -0.4 is 4.72 Å². The second-order valence-corrected chi connectivity index (χ2v) is 17.4. The van der Waals surface area contributed by atoms with Crippen LogP contribution in [-0.2, 0) is 25.8 Å². The smallest absolute Gasteiger partial charge is 0.310 e. The largest absolute Gasteiger partial charge is 0.481 e. The second kappa shape index (κ2) is 11.0. The molecule has 2 atom stereocenters. The third kappa shape index (κ3) is 6.84. The molecule has 0 saturated carbocycles. The monoisotopic (exact) mass is 549 g/mol. The number of carboxylic acids is 1. The Labute approximate surface area is 219 Å². The number of aliphatic carboxylic acids is 1. The van der Waals surface area contributed by atoms with Gasteiger partial charge < -0.3 is 14.1 Å². The molecular weight excluding hydrogens is 513 g/mol. The molecule has 0 aliphatic heterocycles. The summed E-state index contributed by atoms with van der Waals surface area (Å²) in [6.45, 7) is 12.8. The van der Waals surface area contributed by atoms with Crippen LogP contribution in [0, 0.1) is 5.82 Å². The van der Waals surface area contributed by atoms with Crippen LogP contribution in [0.25, 0.3) is 11.0 Å². The van der Waals surface area contributed by atoms with Crippen molar-refractivity contribution >= 4 is 35.3 Å². The van der Waals surface area contributed by atoms with Crippen molar-refractivity contribution in [3.05, 3.63) is 60.2 Å². The third-order valence-electron chi connectivity index (χ3n) is 7.10. The van der Waals surface area contributed by atoms with Gasteiger partial charge >= 0.3 is 5.97 Å². The summed E-state index contributed by atoms with van der Waals surface area (Å²) in [5.41, 5.74) is 1.18. The van der Waals surface area contributed by atoms with Gasteiger partial charge in [0, 0.05) is 37.0 Å². The number of fused-ring (bicyclic) bond motifs is 1. The summed E-state index contributed by atoms with van der Waals surface area (Å²) in [7, 11) is -6.02. The molecular formula is C26H36FN3O5SSi. The quantitative estimate of drug-likeness (QED) is 0.321. The summed E-state index contributed by atoms with van der Waals surface area (Å²) in [5, 5.41) is 10.3. The van der Waals surface area contributed by atoms with Crippen LogP contribution in [0.15, 0.2) is 53.7 Å². The maximum absolute atomic E-state index is 13.4. The Balaban J connectivity index is 1.93. The van der Waals surface area contributed by atoms with E-state index in [1.54, 1.807) is 30.0 Å². The SMILES string of the molecule is CC(C(=O)O)c1cn(C[C@@H](CCO[Si](C)(C)C(C)(C)C)NS(=O)(=O)c2ccc(F)cc2)c2ncccc12. The molecule has 11 heteroatoms. The van der Waals surface area contributed by atoms with E-state index in [0.717, 1.165) is 12.1 Å². The highest BCUT2D eigenvalue weighted by atomic mass is 32.2. The number of hydrogen-bond donors (Lipinski definition) is 2. The number of rotatable bonds is 11. The van der Waals surface area contributed by atoms with E-state index in [2.05, 4.69) is 43.6 Å². The first-order valence-corrected chi connectivity index (χ1v) is 16.6. The van der Waals surface area contributed by atoms with Gasteiger partial charge in [0.1, 0.15) is 11.5 Å². The molecule has 0 aliphatic carbocycles. The fourth-order valence-corrected chi connectivity index (χ4v) is 6.09. The highest BCUT2D eigenvalue weighted by Crippen LogP contribution is 2.36. The fourth-order valence-electron chi connectivity index (χ4n) is 3.77. The van der Waals surface area contributed by atoms with E-state index in [4.69, 9.17) is 4.43 Å². The summed E-state index contributed by atoms with van der Waals surface area (Å²) in [6.07, 6.45) is 3.72. The Kier molecular flexibility index (Phi) is 8.63. The number of halogens is 1. The minimum absolute atomic E-state index is 0.00145. The summed E-state index contributed by atoms with van der Waals surface area (Å²) in [6, 6.07) is 7.61. The van der Waals surface area contributed by atoms with Crippen LogP contribution >= 0.6 is 0 Å². The zero-order valence-electron chi connectivity index (χ0n) is 22.2. The number of sulfonamides is 1. The van der Waals surface area contributed by atoms with Crippen LogP contribution in [0.4, 0.5) is 4.39 Å². The zero-order chi connectivity index (χ0) is 27.6. The van der Waals surface area contributed by atoms with E-state index in [1.165, 1.54) is 12.1 Å². The van der Waals surface area contributed by atoms with Gasteiger partial charge in [-0.2, -0.15) is 0 Å². The van der Waals surface area contributed by atoms with Gasteiger partial charge in [0.2, 0.25) is 10.0 Å². The lowest BCUT2D eigenvalue weighted by Crippen LogP contribution is -2.43. The molecule has 2 heterocycles. The van der Waals surface area contributed by atoms with E-state index >= 15 is 0 Å². The number of pyridine rings is 1. The first kappa shape index (κ1) is 29.0. The summed E-state index contributed by atoms with van der Waals surface area (Å²) >= 11 is 0. The van der Waals surface area contributed by atoms with Crippen molar-refractivity contribution in [2.75, 3.05) is 6.61 Å². The Morgan fingerprint density at radius 2 is 1.86 bits per heavy atom. The summed E-state index contributed by atoms with van der Waals surface area (Å²) in [4.78, 5) is 16.1. The van der Waals surface area contributed by atoms with Crippen molar-refractivity contribution in [3.8, 4) is 0 Å². The predicted octanol–water partition coefficient (Wildman–Crippen LogP) is 5.12. The number of hydrogen-bond acceptors (Lipinski definition) is 5. The molecule has 0 bridgehead atoms. The van der Waals surface area contributed by atoms with Gasteiger partial charge in [-0.15, -0.1) is 0 Å². The highest BCUT2D eigenvalue weighted by Gasteiger charge is 2.37. The lowest BCUT2D eigenvalue weighted by molar-refractivity contribution is -0.138. The predicted molar refractivity (Wildman–Crippen MR) is 144 cm³/mol. The molecule has 202 valence electrons. The van der Waals surface area contributed by atoms with Crippen molar-refractivity contribution in [2.24, 2.45) is 0 Å². The lowest BCUT2D eigenvalue weighted by atomic mass is 10.0. The molecule has 0 radical (unpaired) electrons. The van der Waals surface area contributed by atoms with Gasteiger partial charge in [-0.3, -0.25) is 4.79 Å². The minimum atomic E-state index is -3.96. The molecule has 1 aromatic carbocycles. The van der Waals surface area contributed by atoms with Crippen LogP contribution in [0.3, 0.4) is 0 Å². The molecule has 8 nitrogen and oxygen atoms in total. The standard InChI is InChI=1S/C26H36FN3O5SSi/c1-18(25(31)32)23-17-30(24-22(23)8-7-14-28-24)16-20(13-15-35-37(5,6)26(2,3)4)29-36(33,34)21-11-9-19(27)10-12-21/h7-12,14,17-18,20,29H,13,15-16H2,1-6H3,(H,31,32)/t18?,20-/m1/s1. The van der Waals surface area contributed by atoms with Gasteiger partial charge in [-0.25, -0.2) is 22.5 Å². The molecule has 3 aromatic rings. The normalized spacial score (nSPS) is 14.6. The Bertz CT molecular complexity index is 1350. The average molecular weight is 550 g/mol. The number of carboxylic acid groups (broad SMARTS) is 1. The summed E-state index contributed by atoms with van der Waals surface area (Å²) in [5.74, 6) is -2.24. The Hall–Kier alpha value is -2.60. The molecule has 0 fully saturated rings. The van der Waals surface area contributed by atoms with Gasteiger partial charge in [0.15, 0.2) is 8.32 Å². The first-order valence-electron chi connectivity index (χ1n) is 12.2. The van der Waals surface area contributed by atoms with Crippen LogP contribution in [0.1, 0.15) is 45.6 Å². The maximum Gasteiger partial charge on any atom is 0.310 e. The van der Waals surface area contributed by atoms with Gasteiger partial charge in [-0.1, -0.05) is 20.8 Å². The number of nitrogens with one attached hydrogen (secondary N) is 1.